The molecule has 23 heavy (non-hydrogen) atoms. The third kappa shape index (κ3) is 2.51. The highest BCUT2D eigenvalue weighted by Gasteiger charge is 2.29. The molecule has 0 aliphatic carbocycles. The van der Waals surface area contributed by atoms with Crippen LogP contribution in [0.3, 0.4) is 0 Å². The van der Waals surface area contributed by atoms with Gasteiger partial charge in [-0.2, -0.15) is 5.10 Å². The second-order valence-corrected chi connectivity index (χ2v) is 7.38. The molecule has 7 nitrogen and oxygen atoms in total. The number of nitrogens with one attached hydrogen (secondary N) is 1. The highest BCUT2D eigenvalue weighted by Crippen LogP contribution is 2.41. The maximum Gasteiger partial charge on any atom is 0.268 e. The molecule has 0 atom stereocenters. The molecule has 2 aliphatic rings. The SMILES string of the molecule is O=S(=O)(Nc1cc2n(n1)CCC2)c1c(Cl)ccc2c1OCCO2. The van der Waals surface area contributed by atoms with Crippen molar-refractivity contribution in [3.8, 4) is 11.5 Å². The number of anilines is 1. The van der Waals surface area contributed by atoms with Crippen molar-refractivity contribution < 1.29 is 17.9 Å². The number of fused-ring (bicyclic) bond motifs is 2. The van der Waals surface area contributed by atoms with Crippen LogP contribution in [-0.2, 0) is 23.0 Å². The summed E-state index contributed by atoms with van der Waals surface area (Å²) < 4.78 is 40.6. The summed E-state index contributed by atoms with van der Waals surface area (Å²) in [6, 6.07) is 4.82. The Balaban J connectivity index is 1.73. The molecule has 9 heteroatoms. The van der Waals surface area contributed by atoms with Gasteiger partial charge in [-0.25, -0.2) is 8.42 Å². The van der Waals surface area contributed by atoms with Gasteiger partial charge in [0.05, 0.1) is 5.02 Å². The summed E-state index contributed by atoms with van der Waals surface area (Å²) in [5.41, 5.74) is 1.02. The Bertz CT molecular complexity index is 857. The van der Waals surface area contributed by atoms with Gasteiger partial charge in [0.1, 0.15) is 13.2 Å². The second kappa shape index (κ2) is 5.31. The van der Waals surface area contributed by atoms with E-state index in [1.54, 1.807) is 16.8 Å². The summed E-state index contributed by atoms with van der Waals surface area (Å²) in [5.74, 6) is 0.793. The smallest absolute Gasteiger partial charge is 0.268 e. The van der Waals surface area contributed by atoms with Crippen LogP contribution in [0, 0.1) is 0 Å². The molecule has 0 spiro atoms. The zero-order chi connectivity index (χ0) is 16.0. The van der Waals surface area contributed by atoms with Gasteiger partial charge in [-0.15, -0.1) is 0 Å². The third-order valence-electron chi connectivity index (χ3n) is 3.79. The molecule has 2 aromatic rings. The normalized spacial score (nSPS) is 16.2. The van der Waals surface area contributed by atoms with E-state index in [0.717, 1.165) is 25.1 Å². The van der Waals surface area contributed by atoms with Crippen LogP contribution >= 0.6 is 11.6 Å². The maximum absolute atomic E-state index is 12.7. The number of ether oxygens (including phenoxy) is 2. The van der Waals surface area contributed by atoms with Crippen molar-refractivity contribution in [3.05, 3.63) is 28.9 Å². The minimum absolute atomic E-state index is 0.0773. The number of sulfonamides is 1. The Morgan fingerprint density at radius 2 is 2.09 bits per heavy atom. The molecule has 122 valence electrons. The van der Waals surface area contributed by atoms with E-state index in [1.165, 1.54) is 6.07 Å². The number of hydrogen-bond acceptors (Lipinski definition) is 5. The van der Waals surface area contributed by atoms with Crippen molar-refractivity contribution in [1.29, 1.82) is 0 Å². The topological polar surface area (TPSA) is 82.5 Å². The molecular weight excluding hydrogens is 342 g/mol. The second-order valence-electron chi connectivity index (χ2n) is 5.35. The molecule has 0 saturated heterocycles. The molecule has 0 unspecified atom stereocenters. The van der Waals surface area contributed by atoms with Gasteiger partial charge >= 0.3 is 0 Å². The van der Waals surface area contributed by atoms with Crippen LogP contribution in [-0.4, -0.2) is 31.4 Å². The number of aromatic nitrogens is 2. The van der Waals surface area contributed by atoms with Gasteiger partial charge in [0.2, 0.25) is 0 Å². The first kappa shape index (κ1) is 14.6. The van der Waals surface area contributed by atoms with Crippen LogP contribution in [0.1, 0.15) is 12.1 Å². The molecule has 1 N–H and O–H groups in total. The molecule has 1 aromatic heterocycles. The van der Waals surface area contributed by atoms with Crippen LogP contribution in [0.4, 0.5) is 5.82 Å². The van der Waals surface area contributed by atoms with E-state index >= 15 is 0 Å². The van der Waals surface area contributed by atoms with E-state index < -0.39 is 10.0 Å². The molecular formula is C14H14ClN3O4S. The number of rotatable bonds is 3. The van der Waals surface area contributed by atoms with Gasteiger partial charge in [-0.05, 0) is 25.0 Å². The predicted molar refractivity (Wildman–Crippen MR) is 83.8 cm³/mol. The van der Waals surface area contributed by atoms with E-state index in [-0.39, 0.29) is 28.1 Å². The van der Waals surface area contributed by atoms with Crippen molar-refractivity contribution in [2.24, 2.45) is 0 Å². The third-order valence-corrected chi connectivity index (χ3v) is 5.64. The van der Waals surface area contributed by atoms with Crippen LogP contribution in [0.5, 0.6) is 11.5 Å². The summed E-state index contributed by atoms with van der Waals surface area (Å²) >= 11 is 6.11. The molecule has 0 amide bonds. The van der Waals surface area contributed by atoms with Crippen molar-refractivity contribution in [2.45, 2.75) is 24.3 Å². The Morgan fingerprint density at radius 3 is 2.91 bits per heavy atom. The van der Waals surface area contributed by atoms with E-state index in [9.17, 15) is 8.42 Å². The predicted octanol–water partition coefficient (Wildman–Crippen LogP) is 2.05. The maximum atomic E-state index is 12.7. The fourth-order valence-electron chi connectivity index (χ4n) is 2.82. The molecule has 4 rings (SSSR count). The largest absolute Gasteiger partial charge is 0.486 e. The number of benzene rings is 1. The van der Waals surface area contributed by atoms with Gasteiger partial charge in [0.25, 0.3) is 10.0 Å². The monoisotopic (exact) mass is 355 g/mol. The van der Waals surface area contributed by atoms with Crippen LogP contribution < -0.4 is 14.2 Å². The van der Waals surface area contributed by atoms with Crippen LogP contribution in [0.15, 0.2) is 23.1 Å². The highest BCUT2D eigenvalue weighted by atomic mass is 35.5. The Labute approximate surface area is 138 Å². The fraction of sp³-hybridized carbons (Fsp3) is 0.357. The highest BCUT2D eigenvalue weighted by molar-refractivity contribution is 7.93. The summed E-state index contributed by atoms with van der Waals surface area (Å²) in [6.45, 7) is 1.44. The van der Waals surface area contributed by atoms with Crippen LogP contribution in [0.25, 0.3) is 0 Å². The minimum atomic E-state index is -3.94. The standard InChI is InChI=1S/C14H14ClN3O4S/c15-10-3-4-11-13(22-7-6-21-11)14(10)23(19,20)17-12-8-9-2-1-5-18(9)16-12/h3-4,8H,1-2,5-7H2,(H,16,17). The summed E-state index contributed by atoms with van der Waals surface area (Å²) in [4.78, 5) is -0.121. The minimum Gasteiger partial charge on any atom is -0.486 e. The molecule has 0 bridgehead atoms. The van der Waals surface area contributed by atoms with Crippen molar-refractivity contribution in [2.75, 3.05) is 17.9 Å². The van der Waals surface area contributed by atoms with E-state index in [0.29, 0.717) is 12.4 Å². The first-order chi connectivity index (χ1) is 11.0. The van der Waals surface area contributed by atoms with E-state index in [1.807, 2.05) is 0 Å². The summed E-state index contributed by atoms with van der Waals surface area (Å²) in [7, 11) is -3.94. The van der Waals surface area contributed by atoms with E-state index in [2.05, 4.69) is 9.82 Å². The lowest BCUT2D eigenvalue weighted by atomic mass is 10.3. The number of hydrogen-bond donors (Lipinski definition) is 1. The number of halogens is 1. The summed E-state index contributed by atoms with van der Waals surface area (Å²) in [5, 5.41) is 4.33. The lowest BCUT2D eigenvalue weighted by Crippen LogP contribution is -2.21. The van der Waals surface area contributed by atoms with Gasteiger partial charge in [0.15, 0.2) is 22.2 Å². The van der Waals surface area contributed by atoms with Crippen molar-refractivity contribution >= 4 is 27.4 Å². The molecule has 2 aliphatic heterocycles. The quantitative estimate of drug-likeness (QED) is 0.911. The molecule has 3 heterocycles. The Kier molecular flexibility index (Phi) is 3.38. The number of nitrogens with zero attached hydrogens (tertiary/aromatic N) is 2. The molecule has 0 saturated carbocycles. The number of aryl methyl sites for hydroxylation is 2. The zero-order valence-corrected chi connectivity index (χ0v) is 13.7. The van der Waals surface area contributed by atoms with Crippen LogP contribution in [0.2, 0.25) is 5.02 Å². The van der Waals surface area contributed by atoms with Gasteiger partial charge in [-0.3, -0.25) is 9.40 Å². The Morgan fingerprint density at radius 1 is 1.26 bits per heavy atom. The van der Waals surface area contributed by atoms with Gasteiger partial charge < -0.3 is 9.47 Å². The lowest BCUT2D eigenvalue weighted by molar-refractivity contribution is 0.167. The zero-order valence-electron chi connectivity index (χ0n) is 12.1. The average molecular weight is 356 g/mol. The van der Waals surface area contributed by atoms with Crippen molar-refractivity contribution in [3.63, 3.8) is 0 Å². The molecule has 0 fully saturated rings. The fourth-order valence-corrected chi connectivity index (χ4v) is 4.47. The van der Waals surface area contributed by atoms with Gasteiger partial charge in [-0.1, -0.05) is 11.6 Å². The molecule has 1 aromatic carbocycles. The van der Waals surface area contributed by atoms with Crippen molar-refractivity contribution in [1.82, 2.24) is 9.78 Å². The average Bonchev–Trinajstić information content (AvgIpc) is 3.07. The first-order valence-corrected chi connectivity index (χ1v) is 9.08. The Hall–Kier alpha value is -1.93. The summed E-state index contributed by atoms with van der Waals surface area (Å²) in [6.07, 6.45) is 1.92. The first-order valence-electron chi connectivity index (χ1n) is 7.22. The van der Waals surface area contributed by atoms with E-state index in [4.69, 9.17) is 21.1 Å². The van der Waals surface area contributed by atoms with Gasteiger partial charge in [0, 0.05) is 18.3 Å². The lowest BCUT2D eigenvalue weighted by Gasteiger charge is -2.21. The molecule has 0 radical (unpaired) electrons.